The third-order valence-electron chi connectivity index (χ3n) is 5.59. The molecular weight excluding hydrogens is 400 g/mol. The molecule has 0 aliphatic rings. The molecule has 5 nitrogen and oxygen atoms in total. The molecule has 5 rings (SSSR count). The molecule has 0 spiro atoms. The number of para-hydroxylation sites is 2. The molecule has 0 saturated carbocycles. The van der Waals surface area contributed by atoms with Crippen LogP contribution < -0.4 is 0 Å². The second kappa shape index (κ2) is 8.19. The lowest BCUT2D eigenvalue weighted by Crippen LogP contribution is -2.07. The smallest absolute Gasteiger partial charge is 0.341 e. The highest BCUT2D eigenvalue weighted by molar-refractivity contribution is 6.12. The van der Waals surface area contributed by atoms with Gasteiger partial charge in [-0.2, -0.15) is 0 Å². The second-order valence-electron chi connectivity index (χ2n) is 7.58. The number of aromatic nitrogens is 2. The van der Waals surface area contributed by atoms with Gasteiger partial charge in [-0.15, -0.1) is 0 Å². The Morgan fingerprint density at radius 2 is 1.44 bits per heavy atom. The number of hydrogen-bond acceptors (Lipinski definition) is 3. The van der Waals surface area contributed by atoms with Crippen LogP contribution in [0.2, 0.25) is 0 Å². The maximum Gasteiger partial charge on any atom is 0.341 e. The van der Waals surface area contributed by atoms with Gasteiger partial charge in [0.05, 0.1) is 23.3 Å². The highest BCUT2D eigenvalue weighted by Gasteiger charge is 2.26. The quantitative estimate of drug-likeness (QED) is 0.274. The molecule has 3 aromatic carbocycles. The number of imidazole rings is 1. The van der Waals surface area contributed by atoms with Crippen LogP contribution in [0.15, 0.2) is 91.0 Å². The zero-order chi connectivity index (χ0) is 22.1. The fourth-order valence-corrected chi connectivity index (χ4v) is 4.20. The summed E-state index contributed by atoms with van der Waals surface area (Å²) in [6, 6.07) is 28.7. The number of carbonyl (C=O) groups excluding carboxylic acids is 2. The van der Waals surface area contributed by atoms with Crippen LogP contribution >= 0.6 is 0 Å². The molecule has 32 heavy (non-hydrogen) atoms. The summed E-state index contributed by atoms with van der Waals surface area (Å²) in [6.07, 6.45) is 0. The summed E-state index contributed by atoms with van der Waals surface area (Å²) in [5, 5.41) is 0. The van der Waals surface area contributed by atoms with E-state index in [0.717, 1.165) is 16.6 Å². The lowest BCUT2D eigenvalue weighted by Gasteiger charge is -2.08. The summed E-state index contributed by atoms with van der Waals surface area (Å²) in [5.74, 6) is -0.576. The van der Waals surface area contributed by atoms with Gasteiger partial charge in [0.15, 0.2) is 0 Å². The Morgan fingerprint density at radius 1 is 0.812 bits per heavy atom. The van der Waals surface area contributed by atoms with Gasteiger partial charge in [0.25, 0.3) is 0 Å². The van der Waals surface area contributed by atoms with E-state index < -0.39 is 5.97 Å². The number of carbonyl (C=O) groups is 2. The summed E-state index contributed by atoms with van der Waals surface area (Å²) >= 11 is 0. The first kappa shape index (κ1) is 19.8. The molecule has 0 unspecified atom stereocenters. The van der Waals surface area contributed by atoms with Crippen molar-refractivity contribution >= 4 is 28.4 Å². The van der Waals surface area contributed by atoms with Gasteiger partial charge in [0.2, 0.25) is 5.78 Å². The summed E-state index contributed by atoms with van der Waals surface area (Å²) in [5.41, 5.74) is 4.97. The Kier molecular flexibility index (Phi) is 5.07. The first-order valence-electron chi connectivity index (χ1n) is 10.6. The predicted molar refractivity (Wildman–Crippen MR) is 124 cm³/mol. The fourth-order valence-electron chi connectivity index (χ4n) is 4.20. The lowest BCUT2D eigenvalue weighted by molar-refractivity contribution is 0.0528. The van der Waals surface area contributed by atoms with Crippen LogP contribution in [-0.2, 0) is 11.3 Å². The number of esters is 1. The van der Waals surface area contributed by atoms with Crippen molar-refractivity contribution in [3.63, 3.8) is 0 Å². The molecule has 5 heteroatoms. The molecule has 0 N–H and O–H groups in total. The Labute approximate surface area is 185 Å². The molecule has 0 saturated heterocycles. The van der Waals surface area contributed by atoms with Crippen molar-refractivity contribution in [3.8, 4) is 0 Å². The van der Waals surface area contributed by atoms with Crippen molar-refractivity contribution in [2.75, 3.05) is 6.61 Å². The van der Waals surface area contributed by atoms with Gasteiger partial charge in [-0.25, -0.2) is 4.79 Å². The fraction of sp³-hybridized carbons (Fsp3) is 0.111. The second-order valence-corrected chi connectivity index (χ2v) is 7.58. The molecule has 0 amide bonds. The van der Waals surface area contributed by atoms with Crippen LogP contribution in [0.1, 0.15) is 38.9 Å². The van der Waals surface area contributed by atoms with E-state index in [1.807, 2.05) is 77.2 Å². The summed E-state index contributed by atoms with van der Waals surface area (Å²) in [4.78, 5) is 26.4. The maximum absolute atomic E-state index is 13.5. The first-order valence-corrected chi connectivity index (χ1v) is 10.6. The van der Waals surface area contributed by atoms with E-state index in [4.69, 9.17) is 4.74 Å². The van der Waals surface area contributed by atoms with E-state index in [9.17, 15) is 9.59 Å². The average molecular weight is 422 g/mol. The molecule has 5 aromatic rings. The van der Waals surface area contributed by atoms with Gasteiger partial charge < -0.3 is 9.30 Å². The van der Waals surface area contributed by atoms with Crippen LogP contribution in [0.3, 0.4) is 0 Å². The van der Waals surface area contributed by atoms with Crippen LogP contribution in [0.5, 0.6) is 0 Å². The van der Waals surface area contributed by atoms with Crippen LogP contribution in [0.4, 0.5) is 0 Å². The summed E-state index contributed by atoms with van der Waals surface area (Å²) in [7, 11) is 0. The van der Waals surface area contributed by atoms with Crippen molar-refractivity contribution in [3.05, 3.63) is 113 Å². The zero-order valence-corrected chi connectivity index (χ0v) is 17.7. The third kappa shape index (κ3) is 3.28. The van der Waals surface area contributed by atoms with E-state index in [1.165, 1.54) is 0 Å². The number of hydrogen-bond donors (Lipinski definition) is 0. The number of rotatable bonds is 6. The Bertz CT molecular complexity index is 1430. The summed E-state index contributed by atoms with van der Waals surface area (Å²) in [6.45, 7) is 2.60. The van der Waals surface area contributed by atoms with Crippen LogP contribution in [-0.4, -0.2) is 27.3 Å². The van der Waals surface area contributed by atoms with Gasteiger partial charge in [0.1, 0.15) is 11.2 Å². The van der Waals surface area contributed by atoms with Crippen LogP contribution in [0.25, 0.3) is 16.7 Å². The van der Waals surface area contributed by atoms with E-state index in [1.54, 1.807) is 25.1 Å². The molecule has 0 radical (unpaired) electrons. The SMILES string of the molecule is CCOC(=O)c1cc(C(=O)c2ccccc2)n2c3ccccc3n(Cc3ccccc3)c12. The molecule has 0 atom stereocenters. The predicted octanol–water partition coefficient (Wildman–Crippen LogP) is 5.35. The molecule has 2 aromatic heterocycles. The van der Waals surface area contributed by atoms with Gasteiger partial charge in [-0.05, 0) is 30.7 Å². The molecule has 0 aliphatic carbocycles. The number of nitrogens with zero attached hydrogens (tertiary/aromatic N) is 2. The highest BCUT2D eigenvalue weighted by Crippen LogP contribution is 2.30. The van der Waals surface area contributed by atoms with E-state index in [2.05, 4.69) is 4.57 Å². The molecular formula is C27H22N2O3. The Balaban J connectivity index is 1.82. The number of fused-ring (bicyclic) bond motifs is 3. The van der Waals surface area contributed by atoms with E-state index in [-0.39, 0.29) is 12.4 Å². The van der Waals surface area contributed by atoms with Crippen molar-refractivity contribution in [2.24, 2.45) is 0 Å². The van der Waals surface area contributed by atoms with E-state index >= 15 is 0 Å². The third-order valence-corrected chi connectivity index (χ3v) is 5.59. The number of ketones is 1. The first-order chi connectivity index (χ1) is 15.7. The summed E-state index contributed by atoms with van der Waals surface area (Å²) < 4.78 is 9.33. The minimum Gasteiger partial charge on any atom is -0.462 e. The van der Waals surface area contributed by atoms with Crippen molar-refractivity contribution < 1.29 is 14.3 Å². The Morgan fingerprint density at radius 3 is 2.12 bits per heavy atom. The van der Waals surface area contributed by atoms with Gasteiger partial charge >= 0.3 is 5.97 Å². The highest BCUT2D eigenvalue weighted by atomic mass is 16.5. The zero-order valence-electron chi connectivity index (χ0n) is 17.7. The Hall–Kier alpha value is -4.12. The topological polar surface area (TPSA) is 52.7 Å². The normalized spacial score (nSPS) is 11.2. The maximum atomic E-state index is 13.5. The monoisotopic (exact) mass is 422 g/mol. The standard InChI is InChI=1S/C27H22N2O3/c1-2-32-27(31)21-17-24(25(30)20-13-7-4-8-14-20)29-23-16-10-9-15-22(23)28(26(21)29)18-19-11-5-3-6-12-19/h3-17H,2,18H2,1H3. The average Bonchev–Trinajstić information content (AvgIpc) is 3.37. The minimum atomic E-state index is -0.436. The van der Waals surface area contributed by atoms with Crippen molar-refractivity contribution in [1.29, 1.82) is 0 Å². The molecule has 0 fully saturated rings. The van der Waals surface area contributed by atoms with Gasteiger partial charge in [-0.1, -0.05) is 72.8 Å². The molecule has 2 heterocycles. The van der Waals surface area contributed by atoms with E-state index in [0.29, 0.717) is 29.0 Å². The van der Waals surface area contributed by atoms with Crippen molar-refractivity contribution in [2.45, 2.75) is 13.5 Å². The van der Waals surface area contributed by atoms with Gasteiger partial charge in [-0.3, -0.25) is 9.20 Å². The number of benzene rings is 3. The largest absolute Gasteiger partial charge is 0.462 e. The molecule has 0 bridgehead atoms. The molecule has 158 valence electrons. The lowest BCUT2D eigenvalue weighted by atomic mass is 10.1. The minimum absolute atomic E-state index is 0.140. The van der Waals surface area contributed by atoms with Gasteiger partial charge in [0, 0.05) is 12.1 Å². The molecule has 0 aliphatic heterocycles. The van der Waals surface area contributed by atoms with Crippen molar-refractivity contribution in [1.82, 2.24) is 8.97 Å². The van der Waals surface area contributed by atoms with Crippen LogP contribution in [0, 0.1) is 0 Å². The number of ether oxygens (including phenoxy) is 1.